The predicted molar refractivity (Wildman–Crippen MR) is 124 cm³/mol. The molecule has 1 aromatic heterocycles. The van der Waals surface area contributed by atoms with Gasteiger partial charge < -0.3 is 14.6 Å². The molecule has 1 atom stereocenters. The minimum atomic E-state index is -0.545. The fourth-order valence-electron chi connectivity index (χ4n) is 2.87. The van der Waals surface area contributed by atoms with Crippen LogP contribution in [0.1, 0.15) is 25.8 Å². The molecule has 0 spiro atoms. The number of anilines is 1. The van der Waals surface area contributed by atoms with Crippen LogP contribution in [0.5, 0.6) is 5.75 Å². The Kier molecular flexibility index (Phi) is 7.94. The van der Waals surface area contributed by atoms with Crippen molar-refractivity contribution in [1.29, 1.82) is 0 Å². The Morgan fingerprint density at radius 3 is 2.72 bits per heavy atom. The van der Waals surface area contributed by atoms with Gasteiger partial charge in [0, 0.05) is 17.6 Å². The lowest BCUT2D eigenvalue weighted by Crippen LogP contribution is -2.16. The van der Waals surface area contributed by atoms with E-state index in [1.165, 1.54) is 30.0 Å². The number of halogens is 2. The summed E-state index contributed by atoms with van der Waals surface area (Å²) in [6, 6.07) is 10.9. The van der Waals surface area contributed by atoms with Gasteiger partial charge in [0.1, 0.15) is 11.4 Å². The Balaban J connectivity index is 1.67. The average molecular weight is 496 g/mol. The van der Waals surface area contributed by atoms with Crippen molar-refractivity contribution in [3.8, 4) is 5.75 Å². The summed E-state index contributed by atoms with van der Waals surface area (Å²) in [6.45, 7) is 4.29. The lowest BCUT2D eigenvalue weighted by atomic mass is 10.2. The van der Waals surface area contributed by atoms with Gasteiger partial charge in [-0.2, -0.15) is 0 Å². The summed E-state index contributed by atoms with van der Waals surface area (Å²) < 4.78 is 7.75. The van der Waals surface area contributed by atoms with Crippen molar-refractivity contribution in [2.24, 2.45) is 0 Å². The van der Waals surface area contributed by atoms with E-state index in [9.17, 15) is 14.9 Å². The topological polar surface area (TPSA) is 112 Å². The second-order valence-corrected chi connectivity index (χ2v) is 8.32. The first-order chi connectivity index (χ1) is 15.3. The van der Waals surface area contributed by atoms with Gasteiger partial charge in [-0.1, -0.05) is 47.1 Å². The summed E-state index contributed by atoms with van der Waals surface area (Å²) in [6.07, 6.45) is -0.462. The molecule has 0 bridgehead atoms. The second kappa shape index (κ2) is 10.7. The molecule has 1 amide bonds. The zero-order chi connectivity index (χ0) is 23.3. The molecule has 12 heteroatoms. The molecule has 0 fully saturated rings. The fourth-order valence-corrected chi connectivity index (χ4v) is 4.14. The number of ether oxygens (including phenoxy) is 1. The van der Waals surface area contributed by atoms with Crippen molar-refractivity contribution < 1.29 is 14.5 Å². The number of amides is 1. The molecule has 0 aliphatic rings. The molecule has 1 unspecified atom stereocenters. The zero-order valence-electron chi connectivity index (χ0n) is 17.1. The van der Waals surface area contributed by atoms with Crippen LogP contribution in [0.15, 0.2) is 47.6 Å². The van der Waals surface area contributed by atoms with Gasteiger partial charge in [0.2, 0.25) is 5.91 Å². The summed E-state index contributed by atoms with van der Waals surface area (Å²) in [7, 11) is 0. The molecule has 0 saturated heterocycles. The number of hydrogen-bond donors (Lipinski definition) is 1. The number of para-hydroxylation sites is 2. The number of nitro benzene ring substituents is 1. The van der Waals surface area contributed by atoms with E-state index in [0.29, 0.717) is 33.3 Å². The largest absolute Gasteiger partial charge is 0.481 e. The number of carbonyl (C=O) groups is 1. The van der Waals surface area contributed by atoms with Gasteiger partial charge in [-0.15, -0.1) is 10.2 Å². The van der Waals surface area contributed by atoms with Crippen molar-refractivity contribution >= 4 is 52.2 Å². The van der Waals surface area contributed by atoms with Crippen molar-refractivity contribution in [3.63, 3.8) is 0 Å². The number of aromatic nitrogens is 3. The monoisotopic (exact) mass is 495 g/mol. The fraction of sp³-hybridized carbons (Fsp3) is 0.250. The van der Waals surface area contributed by atoms with Gasteiger partial charge in [0.25, 0.3) is 5.69 Å². The Morgan fingerprint density at radius 1 is 1.28 bits per heavy atom. The molecular formula is C20H19Cl2N5O4S. The molecule has 168 valence electrons. The number of rotatable bonds is 9. The number of nitrogens with one attached hydrogen (secondary N) is 1. The van der Waals surface area contributed by atoms with Crippen LogP contribution in [0.2, 0.25) is 10.0 Å². The molecule has 0 aliphatic carbocycles. The molecule has 0 saturated carbocycles. The van der Waals surface area contributed by atoms with Crippen LogP contribution >= 0.6 is 35.0 Å². The quantitative estimate of drug-likeness (QED) is 0.240. The van der Waals surface area contributed by atoms with Crippen LogP contribution in [-0.4, -0.2) is 31.3 Å². The Hall–Kier alpha value is -2.82. The van der Waals surface area contributed by atoms with Crippen LogP contribution in [0.4, 0.5) is 11.4 Å². The van der Waals surface area contributed by atoms with E-state index in [1.807, 2.05) is 18.4 Å². The molecule has 32 heavy (non-hydrogen) atoms. The highest BCUT2D eigenvalue weighted by Crippen LogP contribution is 2.32. The first kappa shape index (κ1) is 23.8. The third-order valence-electron chi connectivity index (χ3n) is 4.33. The van der Waals surface area contributed by atoms with Crippen LogP contribution < -0.4 is 10.1 Å². The summed E-state index contributed by atoms with van der Waals surface area (Å²) in [4.78, 5) is 22.9. The van der Waals surface area contributed by atoms with Gasteiger partial charge in [0.05, 0.1) is 15.7 Å². The Labute approximate surface area is 198 Å². The maximum atomic E-state index is 12.3. The lowest BCUT2D eigenvalue weighted by Gasteiger charge is -2.16. The number of nitrogens with zero attached hydrogens (tertiary/aromatic N) is 4. The van der Waals surface area contributed by atoms with Gasteiger partial charge in [0.15, 0.2) is 17.1 Å². The number of nitro groups is 1. The molecule has 1 heterocycles. The number of hydrogen-bond acceptors (Lipinski definition) is 7. The van der Waals surface area contributed by atoms with Crippen molar-refractivity contribution in [2.45, 2.75) is 31.7 Å². The highest BCUT2D eigenvalue weighted by molar-refractivity contribution is 7.99. The smallest absolute Gasteiger partial charge is 0.292 e. The molecule has 9 nitrogen and oxygen atoms in total. The maximum Gasteiger partial charge on any atom is 0.292 e. The third kappa shape index (κ3) is 5.70. The van der Waals surface area contributed by atoms with Crippen molar-refractivity contribution in [2.75, 3.05) is 11.1 Å². The van der Waals surface area contributed by atoms with E-state index in [-0.39, 0.29) is 17.1 Å². The number of benzene rings is 2. The number of carbonyl (C=O) groups excluding carboxylic acids is 1. The highest BCUT2D eigenvalue weighted by Gasteiger charge is 2.21. The lowest BCUT2D eigenvalue weighted by molar-refractivity contribution is -0.383. The van der Waals surface area contributed by atoms with Gasteiger partial charge in [-0.25, -0.2) is 0 Å². The second-order valence-electron chi connectivity index (χ2n) is 6.53. The predicted octanol–water partition coefficient (Wildman–Crippen LogP) is 5.38. The van der Waals surface area contributed by atoms with Crippen molar-refractivity contribution in [1.82, 2.24) is 14.8 Å². The highest BCUT2D eigenvalue weighted by atomic mass is 35.5. The molecule has 3 rings (SSSR count). The van der Waals surface area contributed by atoms with Crippen LogP contribution in [0, 0.1) is 10.1 Å². The number of thioether (sulfide) groups is 1. The SMILES string of the molecule is CCn1c(SCC(=O)Nc2ccccc2[N+](=O)[O-])nnc1C(C)Oc1ccc(Cl)cc1Cl. The molecule has 2 aromatic carbocycles. The molecule has 0 aliphatic heterocycles. The van der Waals surface area contributed by atoms with Crippen molar-refractivity contribution in [3.05, 3.63) is 68.4 Å². The molecule has 1 N–H and O–H groups in total. The summed E-state index contributed by atoms with van der Waals surface area (Å²) in [5.74, 6) is 0.642. The molecular weight excluding hydrogens is 477 g/mol. The maximum absolute atomic E-state index is 12.3. The Morgan fingerprint density at radius 2 is 2.03 bits per heavy atom. The van der Waals surface area contributed by atoms with E-state index in [1.54, 1.807) is 24.3 Å². The molecule has 0 radical (unpaired) electrons. The van der Waals surface area contributed by atoms with E-state index in [4.69, 9.17) is 27.9 Å². The summed E-state index contributed by atoms with van der Waals surface area (Å²) in [5.41, 5.74) is -0.0284. The molecule has 3 aromatic rings. The van der Waals surface area contributed by atoms with Crippen LogP contribution in [0.3, 0.4) is 0 Å². The van der Waals surface area contributed by atoms with E-state index in [2.05, 4.69) is 15.5 Å². The standard InChI is InChI=1S/C20H19Cl2N5O4S/c1-3-26-19(12(2)31-17-9-8-13(21)10-14(17)22)24-25-20(26)32-11-18(28)23-15-6-4-5-7-16(15)27(29)30/h4-10,12H,3,11H2,1-2H3,(H,23,28). The third-order valence-corrected chi connectivity index (χ3v) is 5.83. The van der Waals surface area contributed by atoms with E-state index in [0.717, 1.165) is 0 Å². The van der Waals surface area contributed by atoms with Gasteiger partial charge >= 0.3 is 0 Å². The van der Waals surface area contributed by atoms with E-state index < -0.39 is 16.9 Å². The summed E-state index contributed by atoms with van der Waals surface area (Å²) >= 11 is 13.3. The Bertz CT molecular complexity index is 1140. The van der Waals surface area contributed by atoms with E-state index >= 15 is 0 Å². The average Bonchev–Trinajstić information content (AvgIpc) is 3.17. The minimum Gasteiger partial charge on any atom is -0.481 e. The van der Waals surface area contributed by atoms with Gasteiger partial charge in [-0.3, -0.25) is 14.9 Å². The first-order valence-electron chi connectivity index (χ1n) is 9.51. The normalized spacial score (nSPS) is 11.8. The minimum absolute atomic E-state index is 0.00241. The van der Waals surface area contributed by atoms with Gasteiger partial charge in [-0.05, 0) is 38.1 Å². The van der Waals surface area contributed by atoms with Crippen LogP contribution in [-0.2, 0) is 11.3 Å². The summed E-state index contributed by atoms with van der Waals surface area (Å²) in [5, 5.41) is 23.4. The van der Waals surface area contributed by atoms with Crippen LogP contribution in [0.25, 0.3) is 0 Å². The first-order valence-corrected chi connectivity index (χ1v) is 11.2. The zero-order valence-corrected chi connectivity index (χ0v) is 19.4.